The van der Waals surface area contributed by atoms with Crippen molar-refractivity contribution in [1.29, 1.82) is 5.26 Å². The molecule has 1 amide bonds. The molecule has 0 aliphatic heterocycles. The average Bonchev–Trinajstić information content (AvgIpc) is 2.36. The Kier molecular flexibility index (Phi) is 4.75. The van der Waals surface area contributed by atoms with E-state index in [1.807, 2.05) is 6.07 Å². The molecule has 0 fully saturated rings. The summed E-state index contributed by atoms with van der Waals surface area (Å²) in [6, 6.07) is 7.36. The number of hydrogen-bond acceptors (Lipinski definition) is 3. The zero-order chi connectivity index (χ0) is 14.5. The first-order valence-corrected chi connectivity index (χ1v) is 5.43. The van der Waals surface area contributed by atoms with Crippen LogP contribution in [0.2, 0.25) is 0 Å². The molecule has 102 valence electrons. The predicted molar refractivity (Wildman–Crippen MR) is 63.3 cm³/mol. The second-order valence-electron chi connectivity index (χ2n) is 3.89. The van der Waals surface area contributed by atoms with Gasteiger partial charge in [-0.1, -0.05) is 0 Å². The number of nitrogens with one attached hydrogen (secondary N) is 2. The third kappa shape index (κ3) is 5.29. The van der Waals surface area contributed by atoms with E-state index in [0.717, 1.165) is 0 Å². The maximum absolute atomic E-state index is 11.9. The zero-order valence-corrected chi connectivity index (χ0v) is 10.1. The van der Waals surface area contributed by atoms with Gasteiger partial charge in [-0.15, -0.1) is 0 Å². The average molecular weight is 271 g/mol. The van der Waals surface area contributed by atoms with Crippen LogP contribution in [-0.4, -0.2) is 24.7 Å². The number of hydrogen-bond donors (Lipinski definition) is 2. The van der Waals surface area contributed by atoms with E-state index in [4.69, 9.17) is 5.26 Å². The van der Waals surface area contributed by atoms with Gasteiger partial charge < -0.3 is 10.6 Å². The first kappa shape index (κ1) is 14.8. The third-order valence-electron chi connectivity index (χ3n) is 2.25. The number of halogens is 3. The minimum Gasteiger partial charge on any atom is -0.374 e. The van der Waals surface area contributed by atoms with Gasteiger partial charge in [0.15, 0.2) is 0 Å². The van der Waals surface area contributed by atoms with Crippen molar-refractivity contribution in [2.75, 3.05) is 11.9 Å². The Balaban J connectivity index is 2.51. The molecule has 19 heavy (non-hydrogen) atoms. The molecule has 1 unspecified atom stereocenters. The SMILES string of the molecule is CC(Nc1ccc(C#N)cc1)C(=O)NCC(F)(F)F. The van der Waals surface area contributed by atoms with Gasteiger partial charge in [0.05, 0.1) is 11.6 Å². The van der Waals surface area contributed by atoms with Crippen molar-refractivity contribution in [2.45, 2.75) is 19.1 Å². The maximum atomic E-state index is 11.9. The molecule has 2 N–H and O–H groups in total. The van der Waals surface area contributed by atoms with Crippen LogP contribution in [-0.2, 0) is 4.79 Å². The number of nitriles is 1. The first-order chi connectivity index (χ1) is 8.81. The van der Waals surface area contributed by atoms with E-state index in [1.165, 1.54) is 6.92 Å². The maximum Gasteiger partial charge on any atom is 0.405 e. The molecule has 7 heteroatoms. The monoisotopic (exact) mass is 271 g/mol. The fraction of sp³-hybridized carbons (Fsp3) is 0.333. The molecule has 1 rings (SSSR count). The van der Waals surface area contributed by atoms with Crippen LogP contribution in [0.4, 0.5) is 18.9 Å². The van der Waals surface area contributed by atoms with Crippen LogP contribution in [0.3, 0.4) is 0 Å². The fourth-order valence-corrected chi connectivity index (χ4v) is 1.30. The molecule has 0 saturated carbocycles. The van der Waals surface area contributed by atoms with Gasteiger partial charge >= 0.3 is 6.18 Å². The Morgan fingerprint density at radius 1 is 1.37 bits per heavy atom. The quantitative estimate of drug-likeness (QED) is 0.880. The van der Waals surface area contributed by atoms with E-state index in [-0.39, 0.29) is 0 Å². The smallest absolute Gasteiger partial charge is 0.374 e. The Morgan fingerprint density at radius 3 is 2.42 bits per heavy atom. The van der Waals surface area contributed by atoms with E-state index in [9.17, 15) is 18.0 Å². The highest BCUT2D eigenvalue weighted by Crippen LogP contribution is 2.13. The lowest BCUT2D eigenvalue weighted by atomic mass is 10.2. The number of nitrogens with zero attached hydrogens (tertiary/aromatic N) is 1. The highest BCUT2D eigenvalue weighted by atomic mass is 19.4. The van der Waals surface area contributed by atoms with Gasteiger partial charge in [0.1, 0.15) is 12.6 Å². The van der Waals surface area contributed by atoms with E-state index in [2.05, 4.69) is 5.32 Å². The number of amides is 1. The summed E-state index contributed by atoms with van der Waals surface area (Å²) in [6.07, 6.45) is -4.43. The number of alkyl halides is 3. The lowest BCUT2D eigenvalue weighted by Crippen LogP contribution is -2.42. The summed E-state index contributed by atoms with van der Waals surface area (Å²) in [5.74, 6) is -0.748. The Hall–Kier alpha value is -2.23. The van der Waals surface area contributed by atoms with Crippen molar-refractivity contribution < 1.29 is 18.0 Å². The van der Waals surface area contributed by atoms with Gasteiger partial charge in [0.25, 0.3) is 0 Å². The van der Waals surface area contributed by atoms with Gasteiger partial charge in [-0.2, -0.15) is 18.4 Å². The van der Waals surface area contributed by atoms with E-state index in [0.29, 0.717) is 11.3 Å². The van der Waals surface area contributed by atoms with E-state index in [1.54, 1.807) is 29.6 Å². The number of benzene rings is 1. The molecule has 0 aliphatic carbocycles. The van der Waals surface area contributed by atoms with Gasteiger partial charge in [-0.3, -0.25) is 4.79 Å². The summed E-state index contributed by atoms with van der Waals surface area (Å²) in [6.45, 7) is 0.0924. The molecule has 1 aromatic carbocycles. The van der Waals surface area contributed by atoms with E-state index < -0.39 is 24.7 Å². The number of carbonyl (C=O) groups excluding carboxylic acids is 1. The second-order valence-corrected chi connectivity index (χ2v) is 3.89. The van der Waals surface area contributed by atoms with Gasteiger partial charge in [0, 0.05) is 5.69 Å². The number of carbonyl (C=O) groups is 1. The summed E-state index contributed by atoms with van der Waals surface area (Å²) in [7, 11) is 0. The summed E-state index contributed by atoms with van der Waals surface area (Å²) in [5, 5.41) is 13.1. The molecule has 0 radical (unpaired) electrons. The van der Waals surface area contributed by atoms with Crippen molar-refractivity contribution in [3.63, 3.8) is 0 Å². The van der Waals surface area contributed by atoms with Gasteiger partial charge in [-0.05, 0) is 31.2 Å². The van der Waals surface area contributed by atoms with Gasteiger partial charge in [-0.25, -0.2) is 0 Å². The molecule has 4 nitrogen and oxygen atoms in total. The highest BCUT2D eigenvalue weighted by molar-refractivity contribution is 5.84. The number of rotatable bonds is 4. The van der Waals surface area contributed by atoms with Crippen LogP contribution in [0.5, 0.6) is 0 Å². The molecule has 1 aromatic rings. The molecule has 1 atom stereocenters. The summed E-state index contributed by atoms with van der Waals surface area (Å²) in [5.41, 5.74) is 1.01. The molecule has 0 aromatic heterocycles. The molecule has 0 saturated heterocycles. The summed E-state index contributed by atoms with van der Waals surface area (Å²) >= 11 is 0. The molecule has 0 spiro atoms. The van der Waals surface area contributed by atoms with Crippen LogP contribution in [0.25, 0.3) is 0 Å². The standard InChI is InChI=1S/C12H12F3N3O/c1-8(11(19)17-7-12(13,14)15)18-10-4-2-9(6-16)3-5-10/h2-5,8,18H,7H2,1H3,(H,17,19). The molecule has 0 aliphatic rings. The highest BCUT2D eigenvalue weighted by Gasteiger charge is 2.28. The van der Waals surface area contributed by atoms with E-state index >= 15 is 0 Å². The minimum absolute atomic E-state index is 0.458. The lowest BCUT2D eigenvalue weighted by Gasteiger charge is -2.16. The topological polar surface area (TPSA) is 64.9 Å². The molecular formula is C12H12F3N3O. The predicted octanol–water partition coefficient (Wildman–Crippen LogP) is 2.04. The minimum atomic E-state index is -4.43. The Labute approximate surface area is 108 Å². The van der Waals surface area contributed by atoms with Crippen LogP contribution >= 0.6 is 0 Å². The van der Waals surface area contributed by atoms with Crippen LogP contribution in [0.1, 0.15) is 12.5 Å². The van der Waals surface area contributed by atoms with Crippen molar-refractivity contribution in [3.05, 3.63) is 29.8 Å². The third-order valence-corrected chi connectivity index (χ3v) is 2.25. The van der Waals surface area contributed by atoms with Crippen molar-refractivity contribution in [1.82, 2.24) is 5.32 Å². The second kappa shape index (κ2) is 6.09. The zero-order valence-electron chi connectivity index (χ0n) is 10.1. The number of anilines is 1. The summed E-state index contributed by atoms with van der Waals surface area (Å²) < 4.78 is 35.8. The molecule has 0 bridgehead atoms. The summed E-state index contributed by atoms with van der Waals surface area (Å²) in [4.78, 5) is 11.4. The Bertz CT molecular complexity index is 476. The van der Waals surface area contributed by atoms with Crippen LogP contribution in [0, 0.1) is 11.3 Å². The molecule has 0 heterocycles. The van der Waals surface area contributed by atoms with Crippen molar-refractivity contribution in [3.8, 4) is 6.07 Å². The first-order valence-electron chi connectivity index (χ1n) is 5.43. The van der Waals surface area contributed by atoms with Crippen LogP contribution < -0.4 is 10.6 Å². The normalized spacial score (nSPS) is 12.4. The van der Waals surface area contributed by atoms with Crippen LogP contribution in [0.15, 0.2) is 24.3 Å². The van der Waals surface area contributed by atoms with Crippen molar-refractivity contribution in [2.24, 2.45) is 0 Å². The van der Waals surface area contributed by atoms with Crippen molar-refractivity contribution >= 4 is 11.6 Å². The van der Waals surface area contributed by atoms with Gasteiger partial charge in [0.2, 0.25) is 5.91 Å². The Morgan fingerprint density at radius 2 is 1.95 bits per heavy atom. The molecular weight excluding hydrogens is 259 g/mol. The lowest BCUT2D eigenvalue weighted by molar-refractivity contribution is -0.138. The fourth-order valence-electron chi connectivity index (χ4n) is 1.30. The largest absolute Gasteiger partial charge is 0.405 e.